The van der Waals surface area contributed by atoms with Crippen LogP contribution in [-0.2, 0) is 19.0 Å². The number of methoxy groups -OCH3 is 1. The first-order chi connectivity index (χ1) is 17.1. The maximum absolute atomic E-state index is 12.9. The van der Waals surface area contributed by atoms with Crippen LogP contribution in [0.2, 0.25) is 0 Å². The third-order valence-electron chi connectivity index (χ3n) is 12.8. The highest BCUT2D eigenvalue weighted by atomic mass is 32.2. The summed E-state index contributed by atoms with van der Waals surface area (Å²) in [6.45, 7) is 9.52. The Balaban J connectivity index is 1.21. The van der Waals surface area contributed by atoms with Gasteiger partial charge in [-0.05, 0) is 123 Å². The van der Waals surface area contributed by atoms with Crippen molar-refractivity contribution in [2.75, 3.05) is 13.7 Å². The van der Waals surface area contributed by atoms with Crippen molar-refractivity contribution in [3.8, 4) is 0 Å². The van der Waals surface area contributed by atoms with E-state index in [1.807, 2.05) is 26.2 Å². The minimum atomic E-state index is -3.72. The van der Waals surface area contributed by atoms with E-state index >= 15 is 0 Å². The van der Waals surface area contributed by atoms with Gasteiger partial charge < -0.3 is 4.74 Å². The SMILES string of the molecule is CC[C@]12CC[C@H]3[C@@H](C[C@@H](OC)[C@]45CC4CC[C@]35C)[C@@H]1CC[C@@H]2[C@H](C)COS(=O)(=O)c1ccc(C)cc1. The summed E-state index contributed by atoms with van der Waals surface area (Å²) in [5, 5.41) is 0. The van der Waals surface area contributed by atoms with Crippen LogP contribution in [0.1, 0.15) is 84.1 Å². The molecular weight excluding hydrogens is 468 g/mol. The van der Waals surface area contributed by atoms with E-state index in [2.05, 4.69) is 20.8 Å². The highest BCUT2D eigenvalue weighted by Gasteiger charge is 2.77. The highest BCUT2D eigenvalue weighted by Crippen LogP contribution is 2.82. The van der Waals surface area contributed by atoms with Gasteiger partial charge in [0.15, 0.2) is 0 Å². The molecule has 1 spiro atoms. The lowest BCUT2D eigenvalue weighted by atomic mass is 9.44. The predicted octanol–water partition coefficient (Wildman–Crippen LogP) is 7.01. The molecule has 1 unspecified atom stereocenters. The van der Waals surface area contributed by atoms with Crippen molar-refractivity contribution in [1.29, 1.82) is 0 Å². The van der Waals surface area contributed by atoms with Crippen LogP contribution in [0.25, 0.3) is 0 Å². The van der Waals surface area contributed by atoms with Crippen LogP contribution in [-0.4, -0.2) is 28.2 Å². The van der Waals surface area contributed by atoms with Crippen molar-refractivity contribution in [3.63, 3.8) is 0 Å². The molecule has 36 heavy (non-hydrogen) atoms. The Bertz CT molecular complexity index is 1100. The molecule has 0 aliphatic heterocycles. The van der Waals surface area contributed by atoms with Crippen molar-refractivity contribution in [1.82, 2.24) is 0 Å². The molecule has 10 atom stereocenters. The molecule has 200 valence electrons. The maximum Gasteiger partial charge on any atom is 0.296 e. The zero-order valence-corrected chi connectivity index (χ0v) is 23.8. The zero-order chi connectivity index (χ0) is 25.5. The minimum Gasteiger partial charge on any atom is -0.381 e. The van der Waals surface area contributed by atoms with Gasteiger partial charge in [0, 0.05) is 12.5 Å². The van der Waals surface area contributed by atoms with E-state index in [0.29, 0.717) is 28.3 Å². The Labute approximate surface area is 219 Å². The van der Waals surface area contributed by atoms with E-state index in [0.717, 1.165) is 29.2 Å². The first-order valence-electron chi connectivity index (χ1n) is 14.6. The predicted molar refractivity (Wildman–Crippen MR) is 142 cm³/mol. The number of hydrogen-bond donors (Lipinski definition) is 0. The summed E-state index contributed by atoms with van der Waals surface area (Å²) in [7, 11) is -1.76. The average Bonchev–Trinajstić information content (AvgIpc) is 3.34. The first-order valence-corrected chi connectivity index (χ1v) is 16.0. The van der Waals surface area contributed by atoms with E-state index in [9.17, 15) is 8.42 Å². The normalized spacial score (nSPS) is 45.9. The van der Waals surface area contributed by atoms with Gasteiger partial charge >= 0.3 is 0 Å². The standard InChI is InChI=1S/C31H46O4S/c1-6-30-16-14-26-24(17-28(34-5)31-18-22(31)13-15-29(26,31)4)27(30)12-11-25(30)21(3)19-35-36(32,33)23-9-7-20(2)8-10-23/h7-10,21-22,24-28H,6,11-19H2,1-5H3/t21-,22?,24-,25-,26+,27+,28-,29-,30-,31+/m1/s1. The number of aryl methyl sites for hydroxylation is 1. The Morgan fingerprint density at radius 2 is 1.81 bits per heavy atom. The molecule has 5 fully saturated rings. The summed E-state index contributed by atoms with van der Waals surface area (Å²) in [5.41, 5.74) is 2.29. The van der Waals surface area contributed by atoms with Gasteiger partial charge in [-0.2, -0.15) is 8.42 Å². The van der Waals surface area contributed by atoms with Crippen LogP contribution in [0.15, 0.2) is 29.2 Å². The van der Waals surface area contributed by atoms with Gasteiger partial charge in [-0.15, -0.1) is 0 Å². The molecule has 4 nitrogen and oxygen atoms in total. The van der Waals surface area contributed by atoms with E-state index in [1.54, 1.807) is 12.1 Å². The fourth-order valence-electron chi connectivity index (χ4n) is 11.1. The second-order valence-corrected chi connectivity index (χ2v) is 15.2. The summed E-state index contributed by atoms with van der Waals surface area (Å²) < 4.78 is 37.8. The van der Waals surface area contributed by atoms with Gasteiger partial charge in [-0.1, -0.05) is 38.5 Å². The fraction of sp³-hybridized carbons (Fsp3) is 0.806. The molecular formula is C31H46O4S. The number of benzene rings is 1. The maximum atomic E-state index is 12.9. The van der Waals surface area contributed by atoms with Gasteiger partial charge in [0.2, 0.25) is 0 Å². The molecule has 0 aromatic heterocycles. The monoisotopic (exact) mass is 514 g/mol. The Morgan fingerprint density at radius 1 is 1.06 bits per heavy atom. The largest absolute Gasteiger partial charge is 0.381 e. The average molecular weight is 515 g/mol. The smallest absolute Gasteiger partial charge is 0.296 e. The van der Waals surface area contributed by atoms with E-state index in [4.69, 9.17) is 8.92 Å². The molecule has 1 aromatic rings. The summed E-state index contributed by atoms with van der Waals surface area (Å²) in [6.07, 6.45) is 12.2. The summed E-state index contributed by atoms with van der Waals surface area (Å²) >= 11 is 0. The lowest BCUT2D eigenvalue weighted by Crippen LogP contribution is -2.57. The lowest BCUT2D eigenvalue weighted by Gasteiger charge is -2.61. The molecule has 6 rings (SSSR count). The van der Waals surface area contributed by atoms with Crippen LogP contribution in [0.3, 0.4) is 0 Å². The van der Waals surface area contributed by atoms with Gasteiger partial charge in [0.1, 0.15) is 0 Å². The van der Waals surface area contributed by atoms with Gasteiger partial charge in [-0.25, -0.2) is 0 Å². The Kier molecular flexibility index (Phi) is 6.02. The van der Waals surface area contributed by atoms with Crippen molar-refractivity contribution < 1.29 is 17.3 Å². The van der Waals surface area contributed by atoms with Crippen LogP contribution in [0.5, 0.6) is 0 Å². The van der Waals surface area contributed by atoms with Crippen molar-refractivity contribution in [2.24, 2.45) is 51.8 Å². The van der Waals surface area contributed by atoms with Gasteiger partial charge in [0.25, 0.3) is 10.1 Å². The summed E-state index contributed by atoms with van der Waals surface area (Å²) in [6, 6.07) is 6.99. The highest BCUT2D eigenvalue weighted by molar-refractivity contribution is 7.86. The summed E-state index contributed by atoms with van der Waals surface area (Å²) in [5.74, 6) is 4.02. The van der Waals surface area contributed by atoms with Crippen LogP contribution in [0, 0.1) is 58.7 Å². The van der Waals surface area contributed by atoms with Crippen molar-refractivity contribution in [3.05, 3.63) is 29.8 Å². The molecule has 0 saturated heterocycles. The topological polar surface area (TPSA) is 52.6 Å². The lowest BCUT2D eigenvalue weighted by molar-refractivity contribution is -0.165. The second-order valence-electron chi connectivity index (χ2n) is 13.6. The summed E-state index contributed by atoms with van der Waals surface area (Å²) in [4.78, 5) is 0.264. The van der Waals surface area contributed by atoms with E-state index < -0.39 is 10.1 Å². The molecule has 5 aliphatic carbocycles. The van der Waals surface area contributed by atoms with Crippen LogP contribution >= 0.6 is 0 Å². The third-order valence-corrected chi connectivity index (χ3v) is 14.0. The van der Waals surface area contributed by atoms with Crippen LogP contribution < -0.4 is 0 Å². The third kappa shape index (κ3) is 3.33. The van der Waals surface area contributed by atoms with E-state index in [1.165, 1.54) is 57.8 Å². The molecule has 0 bridgehead atoms. The molecule has 0 amide bonds. The number of ether oxygens (including phenoxy) is 1. The van der Waals surface area contributed by atoms with Crippen molar-refractivity contribution in [2.45, 2.75) is 96.5 Å². The molecule has 0 radical (unpaired) electrons. The number of fused-ring (bicyclic) bond motifs is 4. The second kappa shape index (κ2) is 8.55. The van der Waals surface area contributed by atoms with Gasteiger partial charge in [-0.3, -0.25) is 4.18 Å². The van der Waals surface area contributed by atoms with E-state index in [-0.39, 0.29) is 17.4 Å². The molecule has 0 heterocycles. The minimum absolute atomic E-state index is 0.231. The zero-order valence-electron chi connectivity index (χ0n) is 23.0. The molecule has 0 N–H and O–H groups in total. The van der Waals surface area contributed by atoms with Crippen LogP contribution in [0.4, 0.5) is 0 Å². The fourth-order valence-corrected chi connectivity index (χ4v) is 12.1. The molecule has 1 aromatic carbocycles. The Morgan fingerprint density at radius 3 is 2.47 bits per heavy atom. The number of rotatable bonds is 7. The molecule has 5 heteroatoms. The molecule has 5 aliphatic rings. The van der Waals surface area contributed by atoms with Crippen molar-refractivity contribution >= 4 is 10.1 Å². The Hall–Kier alpha value is -0.910. The first kappa shape index (κ1) is 25.4. The quantitative estimate of drug-likeness (QED) is 0.367. The number of hydrogen-bond acceptors (Lipinski definition) is 4. The van der Waals surface area contributed by atoms with Gasteiger partial charge in [0.05, 0.1) is 17.6 Å². The molecule has 5 saturated carbocycles.